The zero-order valence-corrected chi connectivity index (χ0v) is 15.6. The first-order valence-electron chi connectivity index (χ1n) is 6.80. The van der Waals surface area contributed by atoms with E-state index in [1.807, 2.05) is 0 Å². The van der Waals surface area contributed by atoms with E-state index in [0.29, 0.717) is 26.0 Å². The second-order valence-corrected chi connectivity index (χ2v) is 8.70. The normalized spacial score (nSPS) is 11.8. The van der Waals surface area contributed by atoms with Crippen LogP contribution in [0.2, 0.25) is 10.0 Å². The van der Waals surface area contributed by atoms with Crippen molar-refractivity contribution in [2.75, 3.05) is 4.72 Å². The van der Waals surface area contributed by atoms with Crippen molar-refractivity contribution >= 4 is 60.5 Å². The molecule has 5 nitrogen and oxygen atoms in total. The number of hydrogen-bond donors (Lipinski definition) is 1. The number of nitrogens with zero attached hydrogens (tertiary/aromatic N) is 1. The first-order chi connectivity index (χ1) is 11.3. The van der Waals surface area contributed by atoms with Crippen LogP contribution in [0.1, 0.15) is 5.56 Å². The minimum atomic E-state index is -3.70. The summed E-state index contributed by atoms with van der Waals surface area (Å²) < 4.78 is 29.5. The predicted molar refractivity (Wildman–Crippen MR) is 99.8 cm³/mol. The van der Waals surface area contributed by atoms with Crippen LogP contribution in [0.3, 0.4) is 0 Å². The predicted octanol–water partition coefficient (Wildman–Crippen LogP) is 3.85. The standard InChI is InChI=1S/C15H12Cl2N2O3S2/c1-19-13-6-5-9(7-14(13)23-15(19)20)18-24(21,22)8-10-11(16)3-2-4-12(10)17/h2-7,18H,8H2,1H3. The monoisotopic (exact) mass is 402 g/mol. The molecular weight excluding hydrogens is 391 g/mol. The molecule has 9 heteroatoms. The topological polar surface area (TPSA) is 68.2 Å². The summed E-state index contributed by atoms with van der Waals surface area (Å²) in [5.74, 6) is -0.339. The summed E-state index contributed by atoms with van der Waals surface area (Å²) in [4.78, 5) is 11.6. The smallest absolute Gasteiger partial charge is 0.302 e. The van der Waals surface area contributed by atoms with Crippen molar-refractivity contribution in [2.24, 2.45) is 7.05 Å². The molecule has 1 heterocycles. The molecule has 2 aromatic carbocycles. The highest BCUT2D eigenvalue weighted by Gasteiger charge is 2.17. The fourth-order valence-electron chi connectivity index (χ4n) is 2.27. The molecule has 3 rings (SSSR count). The van der Waals surface area contributed by atoms with Crippen LogP contribution in [0.4, 0.5) is 5.69 Å². The maximum atomic E-state index is 12.4. The number of fused-ring (bicyclic) bond motifs is 1. The first-order valence-corrected chi connectivity index (χ1v) is 10.0. The lowest BCUT2D eigenvalue weighted by Gasteiger charge is -2.10. The van der Waals surface area contributed by atoms with Gasteiger partial charge in [-0.1, -0.05) is 40.6 Å². The highest BCUT2D eigenvalue weighted by molar-refractivity contribution is 7.91. The van der Waals surface area contributed by atoms with Gasteiger partial charge in [0.2, 0.25) is 10.0 Å². The van der Waals surface area contributed by atoms with Gasteiger partial charge in [-0.2, -0.15) is 0 Å². The minimum Gasteiger partial charge on any atom is -0.302 e. The van der Waals surface area contributed by atoms with E-state index >= 15 is 0 Å². The molecule has 0 bridgehead atoms. The maximum Gasteiger partial charge on any atom is 0.307 e. The van der Waals surface area contributed by atoms with Crippen LogP contribution < -0.4 is 9.60 Å². The van der Waals surface area contributed by atoms with Crippen LogP contribution >= 0.6 is 34.5 Å². The van der Waals surface area contributed by atoms with Crippen LogP contribution in [0.15, 0.2) is 41.2 Å². The number of aryl methyl sites for hydroxylation is 1. The summed E-state index contributed by atoms with van der Waals surface area (Å²) in [6, 6.07) is 9.78. The molecule has 0 amide bonds. The van der Waals surface area contributed by atoms with E-state index in [0.717, 1.165) is 16.9 Å². The molecule has 0 atom stereocenters. The van der Waals surface area contributed by atoms with Crippen molar-refractivity contribution in [2.45, 2.75) is 5.75 Å². The van der Waals surface area contributed by atoms with Gasteiger partial charge in [-0.3, -0.25) is 9.52 Å². The van der Waals surface area contributed by atoms with Crippen LogP contribution in [-0.4, -0.2) is 13.0 Å². The molecule has 0 radical (unpaired) electrons. The molecule has 1 aromatic heterocycles. The minimum absolute atomic E-state index is 0.104. The van der Waals surface area contributed by atoms with E-state index in [1.165, 1.54) is 4.57 Å². The first kappa shape index (κ1) is 17.3. The van der Waals surface area contributed by atoms with Gasteiger partial charge in [0.25, 0.3) is 0 Å². The van der Waals surface area contributed by atoms with Crippen molar-refractivity contribution in [1.29, 1.82) is 0 Å². The number of sulfonamides is 1. The van der Waals surface area contributed by atoms with E-state index in [1.54, 1.807) is 43.4 Å². The number of anilines is 1. The molecule has 0 saturated heterocycles. The summed E-state index contributed by atoms with van der Waals surface area (Å²) in [7, 11) is -2.03. The van der Waals surface area contributed by atoms with Gasteiger partial charge in [0, 0.05) is 22.7 Å². The van der Waals surface area contributed by atoms with E-state index in [9.17, 15) is 13.2 Å². The molecule has 0 spiro atoms. The Balaban J connectivity index is 1.91. The van der Waals surface area contributed by atoms with Crippen LogP contribution in [0, 0.1) is 0 Å². The van der Waals surface area contributed by atoms with E-state index in [4.69, 9.17) is 23.2 Å². The molecule has 0 aliphatic heterocycles. The average molecular weight is 403 g/mol. The summed E-state index contributed by atoms with van der Waals surface area (Å²) >= 11 is 13.1. The quantitative estimate of drug-likeness (QED) is 0.720. The molecule has 0 saturated carbocycles. The largest absolute Gasteiger partial charge is 0.307 e. The van der Waals surface area contributed by atoms with E-state index < -0.39 is 10.0 Å². The van der Waals surface area contributed by atoms with Crippen molar-refractivity contribution in [3.8, 4) is 0 Å². The molecule has 24 heavy (non-hydrogen) atoms. The zero-order valence-electron chi connectivity index (χ0n) is 12.4. The lowest BCUT2D eigenvalue weighted by atomic mass is 10.2. The van der Waals surface area contributed by atoms with Crippen LogP contribution in [-0.2, 0) is 22.8 Å². The highest BCUT2D eigenvalue weighted by Crippen LogP contribution is 2.27. The Morgan fingerprint density at radius 2 is 1.83 bits per heavy atom. The van der Waals surface area contributed by atoms with Gasteiger partial charge in [-0.05, 0) is 30.3 Å². The van der Waals surface area contributed by atoms with Gasteiger partial charge < -0.3 is 4.57 Å². The van der Waals surface area contributed by atoms with Gasteiger partial charge in [0.1, 0.15) is 0 Å². The van der Waals surface area contributed by atoms with Crippen molar-refractivity contribution in [1.82, 2.24) is 4.57 Å². The fourth-order valence-corrected chi connectivity index (χ4v) is 5.13. The highest BCUT2D eigenvalue weighted by atomic mass is 35.5. The van der Waals surface area contributed by atoms with Crippen molar-refractivity contribution < 1.29 is 8.42 Å². The lowest BCUT2D eigenvalue weighted by molar-refractivity contribution is 0.600. The molecule has 126 valence electrons. The maximum absolute atomic E-state index is 12.4. The zero-order chi connectivity index (χ0) is 17.5. The molecule has 0 unspecified atom stereocenters. The van der Waals surface area contributed by atoms with Gasteiger partial charge in [-0.15, -0.1) is 0 Å². The Hall–Kier alpha value is -1.54. The Labute approximate surface area is 152 Å². The summed E-state index contributed by atoms with van der Waals surface area (Å²) in [6.45, 7) is 0. The van der Waals surface area contributed by atoms with Gasteiger partial charge in [0.05, 0.1) is 21.7 Å². The van der Waals surface area contributed by atoms with Crippen LogP contribution in [0.25, 0.3) is 10.2 Å². The van der Waals surface area contributed by atoms with Crippen LogP contribution in [0.5, 0.6) is 0 Å². The fraction of sp³-hybridized carbons (Fsp3) is 0.133. The van der Waals surface area contributed by atoms with Gasteiger partial charge in [-0.25, -0.2) is 8.42 Å². The van der Waals surface area contributed by atoms with Crippen molar-refractivity contribution in [3.05, 3.63) is 61.7 Å². The number of rotatable bonds is 4. The summed E-state index contributed by atoms with van der Waals surface area (Å²) in [5, 5.41) is 0.592. The number of halogens is 2. The Morgan fingerprint density at radius 1 is 1.17 bits per heavy atom. The number of aromatic nitrogens is 1. The third-order valence-corrected chi connectivity index (χ3v) is 6.38. The summed E-state index contributed by atoms with van der Waals surface area (Å²) in [6.07, 6.45) is 0. The number of benzene rings is 2. The molecule has 0 fully saturated rings. The van der Waals surface area contributed by atoms with Gasteiger partial charge in [0.15, 0.2) is 0 Å². The average Bonchev–Trinajstić information content (AvgIpc) is 2.77. The van der Waals surface area contributed by atoms with E-state index in [2.05, 4.69) is 4.72 Å². The summed E-state index contributed by atoms with van der Waals surface area (Å²) in [5.41, 5.74) is 1.48. The Bertz CT molecular complexity index is 1070. The molecule has 0 aliphatic carbocycles. The number of thiazole rings is 1. The molecular formula is C15H12Cl2N2O3S2. The molecule has 1 N–H and O–H groups in total. The lowest BCUT2D eigenvalue weighted by Crippen LogP contribution is -2.15. The second kappa shape index (κ2) is 6.40. The third kappa shape index (κ3) is 3.44. The number of nitrogens with one attached hydrogen (secondary N) is 1. The Morgan fingerprint density at radius 3 is 2.50 bits per heavy atom. The van der Waals surface area contributed by atoms with Gasteiger partial charge >= 0.3 is 4.87 Å². The number of hydrogen-bond acceptors (Lipinski definition) is 4. The SMILES string of the molecule is Cn1c(=O)sc2cc(NS(=O)(=O)Cc3c(Cl)cccc3Cl)ccc21. The van der Waals surface area contributed by atoms with Crippen molar-refractivity contribution in [3.63, 3.8) is 0 Å². The Kier molecular flexibility index (Phi) is 4.61. The molecule has 0 aliphatic rings. The third-order valence-electron chi connectivity index (χ3n) is 3.46. The molecule has 3 aromatic rings. The second-order valence-electron chi connectivity index (χ2n) is 5.17. The van der Waals surface area contributed by atoms with E-state index in [-0.39, 0.29) is 10.6 Å².